The second-order valence-electron chi connectivity index (χ2n) is 11.6. The van der Waals surface area contributed by atoms with Gasteiger partial charge in [-0.15, -0.1) is 0 Å². The minimum Gasteiger partial charge on any atom is -0.497 e. The van der Waals surface area contributed by atoms with Gasteiger partial charge in [0.25, 0.3) is 5.91 Å². The molecular weight excluding hydrogens is 610 g/mol. The van der Waals surface area contributed by atoms with Crippen LogP contribution in [-0.4, -0.2) is 63.8 Å². The molecule has 11 heteroatoms. The number of hydrogen-bond donors (Lipinski definition) is 3. The first-order chi connectivity index (χ1) is 23.1. The summed E-state index contributed by atoms with van der Waals surface area (Å²) in [6, 6.07) is 29.9. The maximum atomic E-state index is 14.0. The van der Waals surface area contributed by atoms with Crippen LogP contribution in [0.3, 0.4) is 0 Å². The normalized spacial score (nSPS) is 16.9. The van der Waals surface area contributed by atoms with Crippen molar-refractivity contribution in [3.8, 4) is 11.5 Å². The zero-order chi connectivity index (χ0) is 34.3. The summed E-state index contributed by atoms with van der Waals surface area (Å²) < 4.78 is 10.5. The van der Waals surface area contributed by atoms with Crippen LogP contribution in [-0.2, 0) is 16.0 Å². The van der Waals surface area contributed by atoms with Crippen LogP contribution in [0.4, 0.5) is 21.0 Å². The number of amides is 6. The molecular formula is C37H39N5O6. The lowest BCUT2D eigenvalue weighted by Crippen LogP contribution is -2.58. The van der Waals surface area contributed by atoms with Crippen LogP contribution < -0.4 is 35.2 Å². The molecule has 3 atom stereocenters. The number of benzene rings is 4. The SMILES string of the molecule is COc1ccc(N(C)C(=O)[C@H](Cc2ccccc2)NC(=O)NC(=O)N[C@]2(C(=O)N(C)c3ccc(OC)cc3)C[C@@H]2c2ccccc2)cc1. The van der Waals surface area contributed by atoms with Gasteiger partial charge in [0.15, 0.2) is 0 Å². The van der Waals surface area contributed by atoms with Crippen LogP contribution in [0, 0.1) is 0 Å². The maximum absolute atomic E-state index is 14.0. The van der Waals surface area contributed by atoms with Crippen molar-refractivity contribution in [2.45, 2.75) is 30.3 Å². The summed E-state index contributed by atoms with van der Waals surface area (Å²) in [7, 11) is 6.36. The Kier molecular flexibility index (Phi) is 10.3. The molecule has 0 unspecified atom stereocenters. The second kappa shape index (κ2) is 14.7. The van der Waals surface area contributed by atoms with Crippen molar-refractivity contribution in [3.05, 3.63) is 120 Å². The van der Waals surface area contributed by atoms with Gasteiger partial charge in [-0.25, -0.2) is 9.59 Å². The van der Waals surface area contributed by atoms with E-state index in [2.05, 4.69) is 16.0 Å². The molecule has 4 aromatic rings. The Balaban J connectivity index is 1.31. The molecule has 0 heterocycles. The number of urea groups is 2. The highest BCUT2D eigenvalue weighted by Gasteiger charge is 2.63. The summed E-state index contributed by atoms with van der Waals surface area (Å²) in [6.45, 7) is 0. The highest BCUT2D eigenvalue weighted by atomic mass is 16.5. The Labute approximate surface area is 279 Å². The summed E-state index contributed by atoms with van der Waals surface area (Å²) in [5.41, 5.74) is 1.62. The van der Waals surface area contributed by atoms with E-state index in [1.807, 2.05) is 60.7 Å². The molecule has 1 fully saturated rings. The molecule has 0 aliphatic heterocycles. The molecule has 11 nitrogen and oxygen atoms in total. The number of methoxy groups -OCH3 is 2. The van der Waals surface area contributed by atoms with Crippen molar-refractivity contribution in [2.75, 3.05) is 38.1 Å². The number of nitrogens with zero attached hydrogens (tertiary/aromatic N) is 2. The van der Waals surface area contributed by atoms with Gasteiger partial charge in [0.05, 0.1) is 14.2 Å². The molecule has 0 aromatic heterocycles. The number of nitrogens with one attached hydrogen (secondary N) is 3. The van der Waals surface area contributed by atoms with Crippen molar-refractivity contribution in [1.29, 1.82) is 0 Å². The minimum absolute atomic E-state index is 0.181. The van der Waals surface area contributed by atoms with Crippen LogP contribution in [0.1, 0.15) is 23.5 Å². The van der Waals surface area contributed by atoms with E-state index in [0.29, 0.717) is 29.3 Å². The fourth-order valence-electron chi connectivity index (χ4n) is 5.75. The molecule has 0 spiro atoms. The molecule has 1 aliphatic rings. The van der Waals surface area contributed by atoms with Gasteiger partial charge >= 0.3 is 12.1 Å². The summed E-state index contributed by atoms with van der Waals surface area (Å²) in [4.78, 5) is 57.3. The van der Waals surface area contributed by atoms with E-state index in [4.69, 9.17) is 9.47 Å². The predicted molar refractivity (Wildman–Crippen MR) is 183 cm³/mol. The van der Waals surface area contributed by atoms with Crippen molar-refractivity contribution in [1.82, 2.24) is 16.0 Å². The molecule has 0 saturated heterocycles. The third-order valence-electron chi connectivity index (χ3n) is 8.55. The van der Waals surface area contributed by atoms with Gasteiger partial charge in [-0.2, -0.15) is 0 Å². The number of rotatable bonds is 11. The number of hydrogen-bond acceptors (Lipinski definition) is 6. The van der Waals surface area contributed by atoms with Crippen molar-refractivity contribution >= 4 is 35.3 Å². The number of carbonyl (C=O) groups excluding carboxylic acids is 4. The van der Waals surface area contributed by atoms with E-state index in [-0.39, 0.29) is 18.2 Å². The zero-order valence-electron chi connectivity index (χ0n) is 27.3. The Hall–Kier alpha value is -5.84. The Bertz CT molecular complexity index is 1730. The van der Waals surface area contributed by atoms with E-state index in [0.717, 1.165) is 11.1 Å². The number of ether oxygens (including phenoxy) is 2. The lowest BCUT2D eigenvalue weighted by Gasteiger charge is -2.27. The molecule has 5 rings (SSSR count). The van der Waals surface area contributed by atoms with E-state index >= 15 is 0 Å². The van der Waals surface area contributed by atoms with Crippen LogP contribution >= 0.6 is 0 Å². The predicted octanol–water partition coefficient (Wildman–Crippen LogP) is 4.88. The maximum Gasteiger partial charge on any atom is 0.323 e. The Morgan fingerprint density at radius 1 is 0.729 bits per heavy atom. The van der Waals surface area contributed by atoms with Gasteiger partial charge in [0.1, 0.15) is 23.1 Å². The highest BCUT2D eigenvalue weighted by molar-refractivity contribution is 6.07. The summed E-state index contributed by atoms with van der Waals surface area (Å²) in [6.07, 6.45) is 0.521. The number of likely N-dealkylation sites (N-methyl/N-ethyl adjacent to an activating group) is 2. The second-order valence-corrected chi connectivity index (χ2v) is 11.6. The van der Waals surface area contributed by atoms with Gasteiger partial charge < -0.3 is 29.9 Å². The van der Waals surface area contributed by atoms with E-state index in [1.54, 1.807) is 76.8 Å². The molecule has 1 saturated carbocycles. The summed E-state index contributed by atoms with van der Waals surface area (Å²) in [5.74, 6) is 0.242. The molecule has 248 valence electrons. The van der Waals surface area contributed by atoms with Crippen LogP contribution in [0.15, 0.2) is 109 Å². The first kappa shape index (κ1) is 33.5. The van der Waals surface area contributed by atoms with E-state index in [9.17, 15) is 19.2 Å². The largest absolute Gasteiger partial charge is 0.497 e. The number of anilines is 2. The standard InChI is InChI=1S/C37H39N5O6/c1-41(27-15-19-29(47-3)20-16-27)33(43)32(23-25-11-7-5-8-12-25)38-35(45)39-36(46)40-37(24-31(37)26-13-9-6-10-14-26)34(44)42(2)28-17-21-30(48-4)22-18-28/h5-22,31-32H,23-24H2,1-4H3,(H3,38,39,40,45,46)/t31-,32+,37-/m1/s1. The van der Waals surface area contributed by atoms with Gasteiger partial charge in [-0.05, 0) is 66.1 Å². The third-order valence-corrected chi connectivity index (χ3v) is 8.55. The van der Waals surface area contributed by atoms with Gasteiger partial charge in [0, 0.05) is 37.8 Å². The molecule has 4 aromatic carbocycles. The van der Waals surface area contributed by atoms with Crippen molar-refractivity contribution < 1.29 is 28.7 Å². The van der Waals surface area contributed by atoms with Crippen LogP contribution in [0.2, 0.25) is 0 Å². The van der Waals surface area contributed by atoms with Gasteiger partial charge in [-0.3, -0.25) is 14.9 Å². The van der Waals surface area contributed by atoms with Crippen molar-refractivity contribution in [2.24, 2.45) is 0 Å². The Morgan fingerprint density at radius 3 is 1.79 bits per heavy atom. The fraction of sp³-hybridized carbons (Fsp3) is 0.243. The fourth-order valence-corrected chi connectivity index (χ4v) is 5.75. The quantitative estimate of drug-likeness (QED) is 0.213. The molecule has 0 bridgehead atoms. The molecule has 48 heavy (non-hydrogen) atoms. The number of carbonyl (C=O) groups is 4. The number of imide groups is 1. The van der Waals surface area contributed by atoms with Crippen LogP contribution in [0.25, 0.3) is 0 Å². The topological polar surface area (TPSA) is 129 Å². The van der Waals surface area contributed by atoms with Gasteiger partial charge in [0.2, 0.25) is 5.91 Å². The lowest BCUT2D eigenvalue weighted by molar-refractivity contribution is -0.121. The Morgan fingerprint density at radius 2 is 1.25 bits per heavy atom. The first-order valence-corrected chi connectivity index (χ1v) is 15.5. The first-order valence-electron chi connectivity index (χ1n) is 15.5. The lowest BCUT2D eigenvalue weighted by atomic mass is 10.0. The van der Waals surface area contributed by atoms with Crippen molar-refractivity contribution in [3.63, 3.8) is 0 Å². The average molecular weight is 650 g/mol. The summed E-state index contributed by atoms with van der Waals surface area (Å²) in [5, 5.41) is 7.76. The van der Waals surface area contributed by atoms with Gasteiger partial charge in [-0.1, -0.05) is 60.7 Å². The monoisotopic (exact) mass is 649 g/mol. The summed E-state index contributed by atoms with van der Waals surface area (Å²) >= 11 is 0. The van der Waals surface area contributed by atoms with E-state index in [1.165, 1.54) is 9.80 Å². The molecule has 3 N–H and O–H groups in total. The minimum atomic E-state index is -1.30. The smallest absolute Gasteiger partial charge is 0.323 e. The molecule has 6 amide bonds. The van der Waals surface area contributed by atoms with E-state index < -0.39 is 29.6 Å². The van der Waals surface area contributed by atoms with Crippen LogP contribution in [0.5, 0.6) is 11.5 Å². The molecule has 0 radical (unpaired) electrons. The highest BCUT2D eigenvalue weighted by Crippen LogP contribution is 2.52. The molecule has 1 aliphatic carbocycles. The third kappa shape index (κ3) is 7.58. The average Bonchev–Trinajstić information content (AvgIpc) is 3.85. The zero-order valence-corrected chi connectivity index (χ0v) is 27.3.